The normalized spacial score (nSPS) is 11.0. The number of ether oxygens (including phenoxy) is 1. The highest BCUT2D eigenvalue weighted by Gasteiger charge is 2.14. The van der Waals surface area contributed by atoms with Crippen molar-refractivity contribution in [2.45, 2.75) is 0 Å². The van der Waals surface area contributed by atoms with Crippen LogP contribution in [-0.4, -0.2) is 11.7 Å². The molecule has 0 bridgehead atoms. The number of methoxy groups -OCH3 is 1. The van der Waals surface area contributed by atoms with Gasteiger partial charge in [-0.25, -0.2) is 0 Å². The predicted molar refractivity (Wildman–Crippen MR) is 110 cm³/mol. The summed E-state index contributed by atoms with van der Waals surface area (Å²) in [6, 6.07) is 15.5. The second-order valence-electron chi connectivity index (χ2n) is 5.49. The highest BCUT2D eigenvalue weighted by Crippen LogP contribution is 2.22. The van der Waals surface area contributed by atoms with E-state index in [1.54, 1.807) is 48.5 Å². The molecule has 0 aliphatic carbocycles. The summed E-state index contributed by atoms with van der Waals surface area (Å²) in [5.74, 6) is 0.440. The van der Waals surface area contributed by atoms with Crippen molar-refractivity contribution in [1.82, 2.24) is 4.57 Å². The summed E-state index contributed by atoms with van der Waals surface area (Å²) < 4.78 is 7.18. The largest absolute Gasteiger partial charge is 0.495 e. The summed E-state index contributed by atoms with van der Waals surface area (Å²) in [6.07, 6.45) is 1.60. The fraction of sp³-hybridized carbons (Fsp3) is 0.0500. The average Bonchev–Trinajstić information content (AvgIpc) is 3.01. The summed E-state index contributed by atoms with van der Waals surface area (Å²) in [7, 11) is 1.48. The molecule has 0 aliphatic heterocycles. The van der Waals surface area contributed by atoms with Crippen LogP contribution in [0, 0.1) is 22.7 Å². The van der Waals surface area contributed by atoms with E-state index in [-0.39, 0.29) is 10.2 Å². The molecule has 0 amide bonds. The number of nitriles is 2. The van der Waals surface area contributed by atoms with E-state index in [0.29, 0.717) is 31.6 Å². The van der Waals surface area contributed by atoms with Crippen LogP contribution >= 0.6 is 34.5 Å². The van der Waals surface area contributed by atoms with Gasteiger partial charge in [0, 0.05) is 10.0 Å². The summed E-state index contributed by atoms with van der Waals surface area (Å²) in [4.78, 5) is 13.2. The van der Waals surface area contributed by atoms with E-state index in [4.69, 9.17) is 27.9 Å². The Kier molecular flexibility index (Phi) is 5.87. The fourth-order valence-electron chi connectivity index (χ4n) is 2.56. The standard InChI is InChI=1S/C20H11Cl2N3O2S/c1-27-17-5-3-2-4-16(17)25-19(26)18(28-20(25)13(10-23)11-24)8-12-6-7-14(21)9-15(12)22/h2-9H,1H3/b18-8+. The van der Waals surface area contributed by atoms with E-state index in [2.05, 4.69) is 0 Å². The van der Waals surface area contributed by atoms with Gasteiger partial charge in [-0.2, -0.15) is 10.5 Å². The highest BCUT2D eigenvalue weighted by molar-refractivity contribution is 7.07. The molecule has 0 fully saturated rings. The SMILES string of the molecule is COc1ccccc1-n1c(=C(C#N)C#N)s/c(=C/c2ccc(Cl)cc2Cl)c1=O. The molecule has 138 valence electrons. The van der Waals surface area contributed by atoms with Crippen LogP contribution in [-0.2, 0) is 0 Å². The van der Waals surface area contributed by atoms with E-state index in [1.165, 1.54) is 11.7 Å². The molecular formula is C20H11Cl2N3O2S. The fourth-order valence-corrected chi connectivity index (χ4v) is 4.07. The molecular weight excluding hydrogens is 417 g/mol. The van der Waals surface area contributed by atoms with Crippen LogP contribution in [0.2, 0.25) is 10.0 Å². The first-order valence-electron chi connectivity index (χ1n) is 7.86. The molecule has 3 rings (SSSR count). The number of aromatic nitrogens is 1. The zero-order chi connectivity index (χ0) is 20.3. The van der Waals surface area contributed by atoms with Crippen LogP contribution in [0.25, 0.3) is 17.3 Å². The van der Waals surface area contributed by atoms with Gasteiger partial charge in [0.05, 0.1) is 17.3 Å². The molecule has 0 N–H and O–H groups in total. The molecule has 0 radical (unpaired) electrons. The van der Waals surface area contributed by atoms with E-state index in [0.717, 1.165) is 11.3 Å². The zero-order valence-electron chi connectivity index (χ0n) is 14.4. The van der Waals surface area contributed by atoms with Crippen molar-refractivity contribution in [2.75, 3.05) is 7.11 Å². The summed E-state index contributed by atoms with van der Waals surface area (Å²) in [5.41, 5.74) is 0.470. The molecule has 3 aromatic rings. The molecule has 0 atom stereocenters. The van der Waals surface area contributed by atoms with E-state index in [9.17, 15) is 15.3 Å². The maximum atomic E-state index is 13.2. The minimum atomic E-state index is -0.390. The molecule has 5 nitrogen and oxygen atoms in total. The van der Waals surface area contributed by atoms with Crippen molar-refractivity contribution in [3.8, 4) is 23.6 Å². The van der Waals surface area contributed by atoms with Gasteiger partial charge >= 0.3 is 0 Å². The minimum absolute atomic E-state index is 0.171. The zero-order valence-corrected chi connectivity index (χ0v) is 16.8. The van der Waals surface area contributed by atoms with Gasteiger partial charge in [-0.15, -0.1) is 11.3 Å². The lowest BCUT2D eigenvalue weighted by molar-refractivity contribution is 0.412. The van der Waals surface area contributed by atoms with Gasteiger partial charge in [-0.05, 0) is 35.9 Å². The Balaban J connectivity index is 2.44. The quantitative estimate of drug-likeness (QED) is 0.642. The van der Waals surface area contributed by atoms with Crippen LogP contribution < -0.4 is 19.5 Å². The molecule has 1 aromatic heterocycles. The third kappa shape index (κ3) is 3.67. The van der Waals surface area contributed by atoms with Crippen molar-refractivity contribution in [3.05, 3.63) is 77.6 Å². The number of thiazole rings is 1. The number of hydrogen-bond donors (Lipinski definition) is 0. The molecule has 8 heteroatoms. The van der Waals surface area contributed by atoms with Crippen molar-refractivity contribution in [3.63, 3.8) is 0 Å². The van der Waals surface area contributed by atoms with Crippen LogP contribution in [0.15, 0.2) is 47.3 Å². The number of benzene rings is 2. The molecule has 0 spiro atoms. The van der Waals surface area contributed by atoms with Gasteiger partial charge in [0.2, 0.25) is 0 Å². The molecule has 0 unspecified atom stereocenters. The number of para-hydroxylation sites is 2. The summed E-state index contributed by atoms with van der Waals surface area (Å²) in [5, 5.41) is 19.6. The van der Waals surface area contributed by atoms with Crippen LogP contribution in [0.3, 0.4) is 0 Å². The van der Waals surface area contributed by atoms with Gasteiger partial charge in [0.1, 0.15) is 22.6 Å². The third-order valence-corrected chi connectivity index (χ3v) is 5.49. The first kappa shape index (κ1) is 19.7. The molecule has 0 aliphatic rings. The first-order valence-corrected chi connectivity index (χ1v) is 9.44. The number of nitrogens with zero attached hydrogens (tertiary/aromatic N) is 3. The second-order valence-corrected chi connectivity index (χ2v) is 7.37. The van der Waals surface area contributed by atoms with Crippen molar-refractivity contribution in [1.29, 1.82) is 10.5 Å². The predicted octanol–water partition coefficient (Wildman–Crippen LogP) is 3.24. The number of hydrogen-bond acceptors (Lipinski definition) is 5. The minimum Gasteiger partial charge on any atom is -0.495 e. The summed E-state index contributed by atoms with van der Waals surface area (Å²) in [6.45, 7) is 0. The van der Waals surface area contributed by atoms with Gasteiger partial charge < -0.3 is 4.74 Å². The molecule has 0 saturated heterocycles. The number of halogens is 2. The Labute approximate surface area is 174 Å². The maximum absolute atomic E-state index is 13.2. The van der Waals surface area contributed by atoms with Crippen molar-refractivity contribution >= 4 is 46.2 Å². The first-order chi connectivity index (χ1) is 13.5. The monoisotopic (exact) mass is 427 g/mol. The Morgan fingerprint density at radius 2 is 1.89 bits per heavy atom. The van der Waals surface area contributed by atoms with Crippen molar-refractivity contribution < 1.29 is 4.74 Å². The smallest absolute Gasteiger partial charge is 0.273 e. The molecule has 0 saturated carbocycles. The molecule has 2 aromatic carbocycles. The Bertz CT molecular complexity index is 1310. The van der Waals surface area contributed by atoms with Crippen LogP contribution in [0.4, 0.5) is 0 Å². The van der Waals surface area contributed by atoms with E-state index >= 15 is 0 Å². The average molecular weight is 428 g/mol. The Hall–Kier alpha value is -3.03. The number of rotatable bonds is 3. The molecule has 1 heterocycles. The Morgan fingerprint density at radius 1 is 1.18 bits per heavy atom. The lowest BCUT2D eigenvalue weighted by Gasteiger charge is -2.08. The van der Waals surface area contributed by atoms with E-state index in [1.807, 2.05) is 12.1 Å². The second kappa shape index (κ2) is 8.33. The van der Waals surface area contributed by atoms with Gasteiger partial charge in [0.25, 0.3) is 5.56 Å². The lowest BCUT2D eigenvalue weighted by atomic mass is 10.2. The van der Waals surface area contributed by atoms with Crippen molar-refractivity contribution in [2.24, 2.45) is 0 Å². The highest BCUT2D eigenvalue weighted by atomic mass is 35.5. The maximum Gasteiger partial charge on any atom is 0.273 e. The lowest BCUT2D eigenvalue weighted by Crippen LogP contribution is -2.31. The summed E-state index contributed by atoms with van der Waals surface area (Å²) >= 11 is 13.2. The van der Waals surface area contributed by atoms with Crippen LogP contribution in [0.5, 0.6) is 5.75 Å². The topological polar surface area (TPSA) is 78.8 Å². The van der Waals surface area contributed by atoms with Gasteiger partial charge in [-0.3, -0.25) is 9.36 Å². The Morgan fingerprint density at radius 3 is 2.54 bits per heavy atom. The van der Waals surface area contributed by atoms with Gasteiger partial charge in [0.15, 0.2) is 5.57 Å². The molecule has 28 heavy (non-hydrogen) atoms. The van der Waals surface area contributed by atoms with Gasteiger partial charge in [-0.1, -0.05) is 41.4 Å². The van der Waals surface area contributed by atoms with E-state index < -0.39 is 5.56 Å². The third-order valence-electron chi connectivity index (χ3n) is 3.84. The van der Waals surface area contributed by atoms with Crippen LogP contribution in [0.1, 0.15) is 5.56 Å².